The van der Waals surface area contributed by atoms with Crippen molar-refractivity contribution in [3.05, 3.63) is 45.9 Å². The lowest BCUT2D eigenvalue weighted by atomic mass is 10.1. The predicted octanol–water partition coefficient (Wildman–Crippen LogP) is 4.63. The lowest BCUT2D eigenvalue weighted by Gasteiger charge is -2.03. The molecule has 1 aromatic carbocycles. The van der Waals surface area contributed by atoms with Gasteiger partial charge in [-0.3, -0.25) is 4.99 Å². The maximum atomic E-state index is 6.05. The summed E-state index contributed by atoms with van der Waals surface area (Å²) in [5, 5.41) is 4.58. The molecule has 0 radical (unpaired) electrons. The van der Waals surface area contributed by atoms with Crippen LogP contribution in [0.25, 0.3) is 21.3 Å². The van der Waals surface area contributed by atoms with Crippen LogP contribution in [-0.4, -0.2) is 23.9 Å². The van der Waals surface area contributed by atoms with Crippen LogP contribution in [0.2, 0.25) is 4.34 Å². The van der Waals surface area contributed by atoms with E-state index >= 15 is 0 Å². The molecule has 0 bridgehead atoms. The van der Waals surface area contributed by atoms with E-state index in [9.17, 15) is 0 Å². The molecule has 114 valence electrons. The smallest absolute Gasteiger partial charge is 0.130 e. The van der Waals surface area contributed by atoms with E-state index in [4.69, 9.17) is 11.6 Å². The number of hydrogen-bond donors (Lipinski definition) is 2. The molecule has 3 aromatic rings. The fraction of sp³-hybridized carbons (Fsp3) is 0.188. The van der Waals surface area contributed by atoms with Crippen LogP contribution in [0, 0.1) is 6.92 Å². The van der Waals surface area contributed by atoms with E-state index in [0.29, 0.717) is 0 Å². The van der Waals surface area contributed by atoms with Crippen molar-refractivity contribution in [2.45, 2.75) is 6.92 Å². The highest BCUT2D eigenvalue weighted by Gasteiger charge is 2.17. The van der Waals surface area contributed by atoms with Gasteiger partial charge in [0.2, 0.25) is 0 Å². The monoisotopic (exact) mass is 351 g/mol. The molecule has 1 aliphatic heterocycles. The van der Waals surface area contributed by atoms with Gasteiger partial charge in [0, 0.05) is 33.6 Å². The van der Waals surface area contributed by atoms with Gasteiger partial charge in [-0.25, -0.2) is 0 Å². The molecule has 4 rings (SSSR count). The van der Waals surface area contributed by atoms with E-state index in [1.54, 1.807) is 11.3 Å². The number of H-pyrrole nitrogens is 1. The number of amidine groups is 1. The largest absolute Gasteiger partial charge is 0.368 e. The van der Waals surface area contributed by atoms with E-state index in [1.165, 1.54) is 21.4 Å². The lowest BCUT2D eigenvalue weighted by molar-refractivity contribution is 0.960. The second-order valence-electron chi connectivity index (χ2n) is 5.15. The number of halogens is 2. The number of hydrogen-bond acceptors (Lipinski definition) is 3. The molecule has 0 aliphatic carbocycles. The van der Waals surface area contributed by atoms with E-state index < -0.39 is 0 Å². The highest BCUT2D eigenvalue weighted by atomic mass is 35.5. The zero-order valence-corrected chi connectivity index (χ0v) is 14.3. The number of rotatable bonds is 2. The molecule has 0 fully saturated rings. The Balaban J connectivity index is 0.00000144. The number of aromatic nitrogens is 1. The van der Waals surface area contributed by atoms with Crippen molar-refractivity contribution in [2.75, 3.05) is 13.1 Å². The van der Waals surface area contributed by atoms with Gasteiger partial charge in [0.25, 0.3) is 0 Å². The Kier molecular flexibility index (Phi) is 4.17. The quantitative estimate of drug-likeness (QED) is 0.694. The summed E-state index contributed by atoms with van der Waals surface area (Å²) in [6.07, 6.45) is 0. The molecular weight excluding hydrogens is 337 g/mol. The summed E-state index contributed by atoms with van der Waals surface area (Å²) in [5.74, 6) is 1.00. The number of fused-ring (bicyclic) bond motifs is 1. The Bertz CT molecular complexity index is 864. The molecule has 0 unspecified atom stereocenters. The third-order valence-corrected chi connectivity index (χ3v) is 5.03. The molecule has 3 heterocycles. The average Bonchev–Trinajstić information content (AvgIpc) is 3.16. The first-order valence-corrected chi connectivity index (χ1v) is 8.08. The van der Waals surface area contributed by atoms with Crippen molar-refractivity contribution >= 4 is 52.1 Å². The van der Waals surface area contributed by atoms with Gasteiger partial charge in [-0.1, -0.05) is 17.7 Å². The molecule has 0 saturated heterocycles. The lowest BCUT2D eigenvalue weighted by Crippen LogP contribution is -2.19. The molecule has 0 atom stereocenters. The van der Waals surface area contributed by atoms with Gasteiger partial charge < -0.3 is 10.3 Å². The first kappa shape index (κ1) is 15.4. The summed E-state index contributed by atoms with van der Waals surface area (Å²) in [5.41, 5.74) is 4.68. The van der Waals surface area contributed by atoms with Crippen molar-refractivity contribution in [3.63, 3.8) is 0 Å². The van der Waals surface area contributed by atoms with Crippen LogP contribution in [-0.2, 0) is 0 Å². The van der Waals surface area contributed by atoms with Crippen LogP contribution >= 0.6 is 35.3 Å². The van der Waals surface area contributed by atoms with Crippen LogP contribution in [0.5, 0.6) is 0 Å². The van der Waals surface area contributed by atoms with E-state index in [-0.39, 0.29) is 12.4 Å². The minimum Gasteiger partial charge on any atom is -0.368 e. The zero-order valence-electron chi connectivity index (χ0n) is 11.9. The molecule has 0 saturated carbocycles. The Hall–Kier alpha value is -1.49. The number of aryl methyl sites for hydroxylation is 1. The van der Waals surface area contributed by atoms with Crippen molar-refractivity contribution in [1.29, 1.82) is 0 Å². The summed E-state index contributed by atoms with van der Waals surface area (Å²) in [6, 6.07) is 10.5. The average molecular weight is 352 g/mol. The van der Waals surface area contributed by atoms with Crippen LogP contribution in [0.15, 0.2) is 35.3 Å². The number of aromatic amines is 1. The fourth-order valence-electron chi connectivity index (χ4n) is 2.82. The SMILES string of the molecule is Cc1[nH]c2ccc(-c3ccc(Cl)s3)cc2c1C1=NCCN1.Cl. The minimum absolute atomic E-state index is 0. The molecule has 3 nitrogen and oxygen atoms in total. The van der Waals surface area contributed by atoms with Gasteiger partial charge in [-0.15, -0.1) is 23.7 Å². The summed E-state index contributed by atoms with van der Waals surface area (Å²) < 4.78 is 0.817. The number of nitrogens with one attached hydrogen (secondary N) is 2. The normalized spacial score (nSPS) is 13.8. The second kappa shape index (κ2) is 5.95. The number of benzene rings is 1. The maximum Gasteiger partial charge on any atom is 0.130 e. The first-order chi connectivity index (χ1) is 10.2. The number of nitrogens with zero attached hydrogens (tertiary/aromatic N) is 1. The summed E-state index contributed by atoms with van der Waals surface area (Å²) in [7, 11) is 0. The topological polar surface area (TPSA) is 40.2 Å². The predicted molar refractivity (Wildman–Crippen MR) is 98.0 cm³/mol. The number of aliphatic imine (C=N–C) groups is 1. The minimum atomic E-state index is 0. The van der Waals surface area contributed by atoms with Crippen molar-refractivity contribution in [3.8, 4) is 10.4 Å². The van der Waals surface area contributed by atoms with E-state index in [1.807, 2.05) is 6.07 Å². The van der Waals surface area contributed by atoms with Crippen LogP contribution in [0.4, 0.5) is 0 Å². The molecular formula is C16H15Cl2N3S. The van der Waals surface area contributed by atoms with Gasteiger partial charge in [-0.05, 0) is 36.8 Å². The molecule has 22 heavy (non-hydrogen) atoms. The Morgan fingerprint density at radius 2 is 2.09 bits per heavy atom. The third kappa shape index (κ3) is 2.51. The van der Waals surface area contributed by atoms with Gasteiger partial charge in [0.15, 0.2) is 0 Å². The summed E-state index contributed by atoms with van der Waals surface area (Å²) >= 11 is 7.65. The molecule has 2 N–H and O–H groups in total. The van der Waals surface area contributed by atoms with E-state index in [0.717, 1.165) is 34.5 Å². The Morgan fingerprint density at radius 1 is 1.23 bits per heavy atom. The Labute approximate surface area is 143 Å². The molecule has 0 amide bonds. The fourth-order valence-corrected chi connectivity index (χ4v) is 3.86. The van der Waals surface area contributed by atoms with Gasteiger partial charge in [-0.2, -0.15) is 0 Å². The molecule has 6 heteroatoms. The highest BCUT2D eigenvalue weighted by Crippen LogP contribution is 2.34. The van der Waals surface area contributed by atoms with Crippen molar-refractivity contribution < 1.29 is 0 Å². The summed E-state index contributed by atoms with van der Waals surface area (Å²) in [4.78, 5) is 9.20. The first-order valence-electron chi connectivity index (χ1n) is 6.89. The van der Waals surface area contributed by atoms with E-state index in [2.05, 4.69) is 46.5 Å². The van der Waals surface area contributed by atoms with Crippen LogP contribution in [0.1, 0.15) is 11.3 Å². The van der Waals surface area contributed by atoms with Gasteiger partial charge in [0.05, 0.1) is 10.9 Å². The second-order valence-corrected chi connectivity index (χ2v) is 6.86. The third-order valence-electron chi connectivity index (χ3n) is 3.75. The molecule has 1 aliphatic rings. The van der Waals surface area contributed by atoms with Crippen molar-refractivity contribution in [2.24, 2.45) is 4.99 Å². The molecule has 0 spiro atoms. The van der Waals surface area contributed by atoms with Crippen LogP contribution in [0.3, 0.4) is 0 Å². The number of thiophene rings is 1. The van der Waals surface area contributed by atoms with Gasteiger partial charge >= 0.3 is 0 Å². The van der Waals surface area contributed by atoms with Crippen molar-refractivity contribution in [1.82, 2.24) is 10.3 Å². The standard InChI is InChI=1S/C16H14ClN3S.ClH/c1-9-15(16-18-6-7-19-16)11-8-10(2-3-12(11)20-9)13-4-5-14(17)21-13;/h2-5,8,20H,6-7H2,1H3,(H,18,19);1H. The zero-order chi connectivity index (χ0) is 14.4. The Morgan fingerprint density at radius 3 is 2.77 bits per heavy atom. The highest BCUT2D eigenvalue weighted by molar-refractivity contribution is 7.19. The molecule has 2 aromatic heterocycles. The summed E-state index contributed by atoms with van der Waals surface area (Å²) in [6.45, 7) is 3.86. The van der Waals surface area contributed by atoms with Crippen LogP contribution < -0.4 is 5.32 Å². The maximum absolute atomic E-state index is 6.05. The van der Waals surface area contributed by atoms with Gasteiger partial charge in [0.1, 0.15) is 5.84 Å².